The maximum Gasteiger partial charge on any atom is 0.373 e. The third-order valence-corrected chi connectivity index (χ3v) is 6.86. The third-order valence-electron chi connectivity index (χ3n) is 5.96. The largest absolute Gasteiger partial charge is 0.488 e. The highest BCUT2D eigenvalue weighted by Gasteiger charge is 2.36. The van der Waals surface area contributed by atoms with E-state index in [0.29, 0.717) is 18.1 Å². The molecule has 7 nitrogen and oxygen atoms in total. The summed E-state index contributed by atoms with van der Waals surface area (Å²) in [6.45, 7) is 2.30. The summed E-state index contributed by atoms with van der Waals surface area (Å²) in [5, 5.41) is 1.47. The summed E-state index contributed by atoms with van der Waals surface area (Å²) in [6.07, 6.45) is 1.71. The zero-order chi connectivity index (χ0) is 25.9. The molecule has 0 N–H and O–H groups in total. The van der Waals surface area contributed by atoms with Crippen molar-refractivity contribution in [2.75, 3.05) is 7.11 Å². The van der Waals surface area contributed by atoms with Gasteiger partial charge in [-0.3, -0.25) is 14.5 Å². The van der Waals surface area contributed by atoms with Gasteiger partial charge >= 0.3 is 5.97 Å². The quantitative estimate of drug-likeness (QED) is 0.210. The average molecular weight is 514 g/mol. The van der Waals surface area contributed by atoms with Crippen LogP contribution in [0.25, 0.3) is 16.8 Å². The van der Waals surface area contributed by atoms with Crippen LogP contribution >= 0.6 is 11.8 Å². The molecule has 0 spiro atoms. The zero-order valence-corrected chi connectivity index (χ0v) is 21.0. The number of fused-ring (bicyclic) bond motifs is 1. The van der Waals surface area contributed by atoms with Crippen LogP contribution in [-0.2, 0) is 22.7 Å². The molecule has 37 heavy (non-hydrogen) atoms. The van der Waals surface area contributed by atoms with E-state index in [2.05, 4.69) is 4.74 Å². The number of aryl methyl sites for hydroxylation is 1. The number of carbonyl (C=O) groups is 3. The standard InChI is InChI=1S/C29H23NO6S/c1-18-7-9-19(10-8-18)17-35-24-13-11-20-5-3-4-6-22(20)23(24)15-26-27(31)30(29(33)37-26)16-21-12-14-25(36-21)28(32)34-2/h3-15H,16-17H2,1-2H3/b26-15+. The van der Waals surface area contributed by atoms with Gasteiger partial charge in [-0.05, 0) is 59.3 Å². The van der Waals surface area contributed by atoms with Crippen LogP contribution in [0.15, 0.2) is 82.1 Å². The van der Waals surface area contributed by atoms with Crippen molar-refractivity contribution in [3.05, 3.63) is 106 Å². The smallest absolute Gasteiger partial charge is 0.373 e. The monoisotopic (exact) mass is 513 g/mol. The number of esters is 1. The number of ether oxygens (including phenoxy) is 2. The number of rotatable bonds is 7. The van der Waals surface area contributed by atoms with E-state index in [9.17, 15) is 14.4 Å². The first-order valence-electron chi connectivity index (χ1n) is 11.6. The molecule has 1 saturated heterocycles. The summed E-state index contributed by atoms with van der Waals surface area (Å²) in [7, 11) is 1.25. The lowest BCUT2D eigenvalue weighted by molar-refractivity contribution is -0.123. The van der Waals surface area contributed by atoms with E-state index >= 15 is 0 Å². The minimum Gasteiger partial charge on any atom is -0.488 e. The molecule has 1 fully saturated rings. The third kappa shape index (κ3) is 5.15. The van der Waals surface area contributed by atoms with E-state index in [-0.39, 0.29) is 17.2 Å². The molecule has 0 aliphatic carbocycles. The molecule has 2 heterocycles. The van der Waals surface area contributed by atoms with Gasteiger partial charge in [-0.25, -0.2) is 4.79 Å². The number of thioether (sulfide) groups is 1. The van der Waals surface area contributed by atoms with Crippen LogP contribution < -0.4 is 4.74 Å². The molecule has 3 aromatic carbocycles. The van der Waals surface area contributed by atoms with E-state index in [4.69, 9.17) is 9.15 Å². The van der Waals surface area contributed by atoms with Crippen LogP contribution in [0.3, 0.4) is 0 Å². The Balaban J connectivity index is 1.44. The van der Waals surface area contributed by atoms with Crippen molar-refractivity contribution in [3.8, 4) is 5.75 Å². The number of furan rings is 1. The highest BCUT2D eigenvalue weighted by molar-refractivity contribution is 8.18. The van der Waals surface area contributed by atoms with Crippen molar-refractivity contribution < 1.29 is 28.3 Å². The number of amides is 2. The van der Waals surface area contributed by atoms with Crippen LogP contribution in [0, 0.1) is 6.92 Å². The number of hydrogen-bond acceptors (Lipinski definition) is 7. The van der Waals surface area contributed by atoms with E-state index in [1.807, 2.05) is 67.6 Å². The molecule has 2 amide bonds. The molecule has 1 aliphatic heterocycles. The fourth-order valence-corrected chi connectivity index (χ4v) is 4.81. The van der Waals surface area contributed by atoms with Crippen LogP contribution in [0.4, 0.5) is 4.79 Å². The summed E-state index contributed by atoms with van der Waals surface area (Å²) in [5.74, 6) is -0.153. The Morgan fingerprint density at radius 1 is 1.00 bits per heavy atom. The zero-order valence-electron chi connectivity index (χ0n) is 20.2. The van der Waals surface area contributed by atoms with Gasteiger partial charge in [-0.2, -0.15) is 0 Å². The van der Waals surface area contributed by atoms with Gasteiger partial charge in [0, 0.05) is 5.56 Å². The lowest BCUT2D eigenvalue weighted by Gasteiger charge is -2.13. The second kappa shape index (κ2) is 10.4. The number of methoxy groups -OCH3 is 1. The van der Waals surface area contributed by atoms with Crippen LogP contribution in [-0.4, -0.2) is 29.1 Å². The fraction of sp³-hybridized carbons (Fsp3) is 0.138. The lowest BCUT2D eigenvalue weighted by atomic mass is 10.0. The summed E-state index contributed by atoms with van der Waals surface area (Å²) in [5.41, 5.74) is 2.92. The Morgan fingerprint density at radius 3 is 2.57 bits per heavy atom. The van der Waals surface area contributed by atoms with Gasteiger partial charge in [-0.15, -0.1) is 0 Å². The van der Waals surface area contributed by atoms with E-state index < -0.39 is 17.1 Å². The Morgan fingerprint density at radius 2 is 1.78 bits per heavy atom. The first-order valence-corrected chi connectivity index (χ1v) is 12.4. The molecule has 4 aromatic rings. The van der Waals surface area contributed by atoms with Gasteiger partial charge in [0.25, 0.3) is 11.1 Å². The van der Waals surface area contributed by atoms with Gasteiger partial charge in [0.05, 0.1) is 18.6 Å². The average Bonchev–Trinajstić information content (AvgIpc) is 3.49. The van der Waals surface area contributed by atoms with E-state index in [0.717, 1.165) is 38.6 Å². The Hall–Kier alpha value is -4.30. The molecule has 0 atom stereocenters. The number of hydrogen-bond donors (Lipinski definition) is 0. The normalized spacial score (nSPS) is 14.5. The molecule has 5 rings (SSSR count). The predicted octanol–water partition coefficient (Wildman–Crippen LogP) is 6.34. The molecule has 0 bridgehead atoms. The van der Waals surface area contributed by atoms with Crippen LogP contribution in [0.2, 0.25) is 0 Å². The fourth-order valence-electron chi connectivity index (χ4n) is 3.99. The van der Waals surface area contributed by atoms with Crippen LogP contribution in [0.5, 0.6) is 5.75 Å². The summed E-state index contributed by atoms with van der Waals surface area (Å²) < 4.78 is 16.3. The van der Waals surface area contributed by atoms with Crippen molar-refractivity contribution in [2.24, 2.45) is 0 Å². The molecule has 186 valence electrons. The van der Waals surface area contributed by atoms with E-state index in [1.54, 1.807) is 12.1 Å². The summed E-state index contributed by atoms with van der Waals surface area (Å²) >= 11 is 0.857. The van der Waals surface area contributed by atoms with Gasteiger partial charge in [0.2, 0.25) is 5.76 Å². The Kier molecular flexibility index (Phi) is 6.83. The topological polar surface area (TPSA) is 86.0 Å². The number of imide groups is 1. The van der Waals surface area contributed by atoms with Crippen molar-refractivity contribution in [2.45, 2.75) is 20.1 Å². The van der Waals surface area contributed by atoms with Gasteiger partial charge in [0.15, 0.2) is 0 Å². The predicted molar refractivity (Wildman–Crippen MR) is 141 cm³/mol. The number of nitrogens with zero attached hydrogens (tertiary/aromatic N) is 1. The highest BCUT2D eigenvalue weighted by Crippen LogP contribution is 2.37. The van der Waals surface area contributed by atoms with Crippen molar-refractivity contribution in [1.29, 1.82) is 0 Å². The second-order valence-electron chi connectivity index (χ2n) is 8.50. The Labute approximate surface area is 217 Å². The summed E-state index contributed by atoms with van der Waals surface area (Å²) in [6, 6.07) is 22.7. The Bertz CT molecular complexity index is 1540. The SMILES string of the molecule is COC(=O)c1ccc(CN2C(=O)S/C(=C/c3c(OCc4ccc(C)cc4)ccc4ccccc34)C2=O)o1. The molecule has 0 radical (unpaired) electrons. The molecule has 8 heteroatoms. The number of carbonyl (C=O) groups excluding carboxylic acids is 3. The molecule has 1 aliphatic rings. The maximum absolute atomic E-state index is 13.2. The molecule has 1 aromatic heterocycles. The van der Waals surface area contributed by atoms with Crippen molar-refractivity contribution in [1.82, 2.24) is 4.90 Å². The first kappa shape index (κ1) is 24.4. The van der Waals surface area contributed by atoms with E-state index in [1.165, 1.54) is 18.7 Å². The molecular formula is C29H23NO6S. The van der Waals surface area contributed by atoms with Gasteiger partial charge in [-0.1, -0.05) is 60.2 Å². The van der Waals surface area contributed by atoms with Crippen LogP contribution in [0.1, 0.15) is 33.0 Å². The van der Waals surface area contributed by atoms with Crippen molar-refractivity contribution in [3.63, 3.8) is 0 Å². The number of benzene rings is 3. The first-order chi connectivity index (χ1) is 17.9. The minimum atomic E-state index is -0.630. The van der Waals surface area contributed by atoms with Gasteiger partial charge in [0.1, 0.15) is 18.1 Å². The minimum absolute atomic E-state index is 0.00568. The second-order valence-corrected chi connectivity index (χ2v) is 9.49. The van der Waals surface area contributed by atoms with Gasteiger partial charge < -0.3 is 13.9 Å². The summed E-state index contributed by atoms with van der Waals surface area (Å²) in [4.78, 5) is 39.0. The highest BCUT2D eigenvalue weighted by atomic mass is 32.2. The maximum atomic E-state index is 13.2. The molecular weight excluding hydrogens is 490 g/mol. The molecule has 0 saturated carbocycles. The van der Waals surface area contributed by atoms with Crippen molar-refractivity contribution >= 4 is 45.7 Å². The lowest BCUT2D eigenvalue weighted by Crippen LogP contribution is -2.27. The molecule has 0 unspecified atom stereocenters.